The van der Waals surface area contributed by atoms with Crippen molar-refractivity contribution in [2.45, 2.75) is 31.8 Å². The first kappa shape index (κ1) is 14.9. The summed E-state index contributed by atoms with van der Waals surface area (Å²) in [6, 6.07) is 10.7. The summed E-state index contributed by atoms with van der Waals surface area (Å²) in [7, 11) is 3.39. The molecule has 0 bridgehead atoms. The largest absolute Gasteiger partial charge is 0.496 e. The standard InChI is InChI=1S/C18H22N2O2/c1-21-17-8-4-5-14-15(17)6-3-7-16(14)20-12-13-9-10-19-18(11-13)22-2/h4-5,8-11,16,20H,3,6-7,12H2,1-2H3. The first-order chi connectivity index (χ1) is 10.8. The van der Waals surface area contributed by atoms with E-state index in [9.17, 15) is 0 Å². The van der Waals surface area contributed by atoms with Gasteiger partial charge in [-0.15, -0.1) is 0 Å². The van der Waals surface area contributed by atoms with Crippen LogP contribution in [0.2, 0.25) is 0 Å². The molecular weight excluding hydrogens is 276 g/mol. The summed E-state index contributed by atoms with van der Waals surface area (Å²) >= 11 is 0. The van der Waals surface area contributed by atoms with Crippen LogP contribution in [0, 0.1) is 0 Å². The fraction of sp³-hybridized carbons (Fsp3) is 0.389. The monoisotopic (exact) mass is 298 g/mol. The van der Waals surface area contributed by atoms with E-state index in [2.05, 4.69) is 28.5 Å². The smallest absolute Gasteiger partial charge is 0.213 e. The van der Waals surface area contributed by atoms with Gasteiger partial charge in [-0.2, -0.15) is 0 Å². The number of rotatable bonds is 5. The van der Waals surface area contributed by atoms with E-state index in [0.717, 1.165) is 25.1 Å². The molecule has 0 saturated heterocycles. The Morgan fingerprint density at radius 1 is 1.23 bits per heavy atom. The highest BCUT2D eigenvalue weighted by atomic mass is 16.5. The molecule has 4 nitrogen and oxygen atoms in total. The zero-order valence-electron chi connectivity index (χ0n) is 13.1. The van der Waals surface area contributed by atoms with E-state index in [0.29, 0.717) is 11.9 Å². The Bertz CT molecular complexity index is 643. The number of fused-ring (bicyclic) bond motifs is 1. The molecule has 1 aliphatic carbocycles. The number of ether oxygens (including phenoxy) is 2. The van der Waals surface area contributed by atoms with Crippen LogP contribution in [0.5, 0.6) is 11.6 Å². The minimum atomic E-state index is 0.373. The molecule has 1 N–H and O–H groups in total. The molecule has 2 aromatic rings. The predicted octanol–water partition coefficient (Wildman–Crippen LogP) is 3.27. The average Bonchev–Trinajstić information content (AvgIpc) is 2.59. The highest BCUT2D eigenvalue weighted by Gasteiger charge is 2.22. The van der Waals surface area contributed by atoms with Crippen LogP contribution in [0.1, 0.15) is 35.6 Å². The lowest BCUT2D eigenvalue weighted by molar-refractivity contribution is 0.393. The molecule has 0 aliphatic heterocycles. The van der Waals surface area contributed by atoms with Gasteiger partial charge in [-0.3, -0.25) is 0 Å². The fourth-order valence-corrected chi connectivity index (χ4v) is 3.13. The molecule has 4 heteroatoms. The van der Waals surface area contributed by atoms with Crippen molar-refractivity contribution in [2.24, 2.45) is 0 Å². The Kier molecular flexibility index (Phi) is 4.59. The molecule has 1 unspecified atom stereocenters. The van der Waals surface area contributed by atoms with Crippen molar-refractivity contribution in [3.05, 3.63) is 53.2 Å². The third-order valence-electron chi connectivity index (χ3n) is 4.25. The van der Waals surface area contributed by atoms with Crippen LogP contribution in [-0.2, 0) is 13.0 Å². The van der Waals surface area contributed by atoms with E-state index in [1.54, 1.807) is 20.4 Å². The second kappa shape index (κ2) is 6.79. The van der Waals surface area contributed by atoms with Crippen molar-refractivity contribution >= 4 is 0 Å². The lowest BCUT2D eigenvalue weighted by Gasteiger charge is -2.27. The van der Waals surface area contributed by atoms with E-state index in [4.69, 9.17) is 9.47 Å². The third kappa shape index (κ3) is 3.07. The van der Waals surface area contributed by atoms with Crippen molar-refractivity contribution in [3.8, 4) is 11.6 Å². The second-order valence-corrected chi connectivity index (χ2v) is 5.56. The number of aromatic nitrogens is 1. The molecule has 0 radical (unpaired) electrons. The molecule has 3 rings (SSSR count). The Hall–Kier alpha value is -2.07. The maximum atomic E-state index is 5.50. The van der Waals surface area contributed by atoms with Crippen LogP contribution in [0.3, 0.4) is 0 Å². The summed E-state index contributed by atoms with van der Waals surface area (Å²) < 4.78 is 10.7. The molecule has 0 amide bonds. The molecular formula is C18H22N2O2. The van der Waals surface area contributed by atoms with Gasteiger partial charge in [0.1, 0.15) is 5.75 Å². The summed E-state index contributed by atoms with van der Waals surface area (Å²) in [5.41, 5.74) is 3.90. The third-order valence-corrected chi connectivity index (χ3v) is 4.25. The van der Waals surface area contributed by atoms with Crippen LogP contribution in [0.25, 0.3) is 0 Å². The fourth-order valence-electron chi connectivity index (χ4n) is 3.13. The summed E-state index contributed by atoms with van der Waals surface area (Å²) in [5.74, 6) is 1.67. The van der Waals surface area contributed by atoms with E-state index < -0.39 is 0 Å². The summed E-state index contributed by atoms with van der Waals surface area (Å²) in [6.07, 6.45) is 5.22. The molecule has 1 aliphatic rings. The minimum absolute atomic E-state index is 0.373. The van der Waals surface area contributed by atoms with Gasteiger partial charge < -0.3 is 14.8 Å². The normalized spacial score (nSPS) is 16.9. The van der Waals surface area contributed by atoms with Crippen LogP contribution >= 0.6 is 0 Å². The first-order valence-corrected chi connectivity index (χ1v) is 7.70. The number of benzene rings is 1. The molecule has 0 spiro atoms. The van der Waals surface area contributed by atoms with Crippen molar-refractivity contribution in [1.29, 1.82) is 0 Å². The Morgan fingerprint density at radius 2 is 2.14 bits per heavy atom. The zero-order valence-corrected chi connectivity index (χ0v) is 13.1. The van der Waals surface area contributed by atoms with Crippen molar-refractivity contribution in [1.82, 2.24) is 10.3 Å². The van der Waals surface area contributed by atoms with Crippen LogP contribution in [-0.4, -0.2) is 19.2 Å². The molecule has 1 aromatic carbocycles. The van der Waals surface area contributed by atoms with E-state index in [-0.39, 0.29) is 0 Å². The Labute approximate surface area is 131 Å². The van der Waals surface area contributed by atoms with Crippen molar-refractivity contribution in [3.63, 3.8) is 0 Å². The number of hydrogen-bond acceptors (Lipinski definition) is 4. The van der Waals surface area contributed by atoms with Gasteiger partial charge in [-0.05, 0) is 48.1 Å². The molecule has 0 fully saturated rings. The minimum Gasteiger partial charge on any atom is -0.496 e. The number of methoxy groups -OCH3 is 2. The summed E-state index contributed by atoms with van der Waals surface area (Å²) in [4.78, 5) is 4.14. The molecule has 0 saturated carbocycles. The van der Waals surface area contributed by atoms with Gasteiger partial charge in [0, 0.05) is 24.8 Å². The molecule has 22 heavy (non-hydrogen) atoms. The number of nitrogens with zero attached hydrogens (tertiary/aromatic N) is 1. The summed E-state index contributed by atoms with van der Waals surface area (Å²) in [6.45, 7) is 0.806. The number of nitrogens with one attached hydrogen (secondary N) is 1. The lowest BCUT2D eigenvalue weighted by atomic mass is 9.87. The maximum absolute atomic E-state index is 5.50. The second-order valence-electron chi connectivity index (χ2n) is 5.56. The van der Waals surface area contributed by atoms with Crippen LogP contribution in [0.4, 0.5) is 0 Å². The predicted molar refractivity (Wildman–Crippen MR) is 86.3 cm³/mol. The SMILES string of the molecule is COc1cc(CNC2CCCc3c(OC)cccc32)ccn1. The van der Waals surface area contributed by atoms with Gasteiger partial charge in [0.25, 0.3) is 0 Å². The summed E-state index contributed by atoms with van der Waals surface area (Å²) in [5, 5.41) is 3.66. The van der Waals surface area contributed by atoms with Gasteiger partial charge in [0.15, 0.2) is 0 Å². The van der Waals surface area contributed by atoms with Gasteiger partial charge in [0.05, 0.1) is 14.2 Å². The Morgan fingerprint density at radius 3 is 2.95 bits per heavy atom. The topological polar surface area (TPSA) is 43.4 Å². The highest BCUT2D eigenvalue weighted by Crippen LogP contribution is 2.35. The van der Waals surface area contributed by atoms with E-state index in [1.165, 1.54) is 23.1 Å². The number of hydrogen-bond donors (Lipinski definition) is 1. The number of pyridine rings is 1. The molecule has 1 aromatic heterocycles. The lowest BCUT2D eigenvalue weighted by Crippen LogP contribution is -2.25. The molecule has 1 heterocycles. The first-order valence-electron chi connectivity index (χ1n) is 7.70. The average molecular weight is 298 g/mol. The quantitative estimate of drug-likeness (QED) is 0.920. The van der Waals surface area contributed by atoms with Crippen LogP contribution in [0.15, 0.2) is 36.5 Å². The Balaban J connectivity index is 1.74. The van der Waals surface area contributed by atoms with Gasteiger partial charge in [0.2, 0.25) is 5.88 Å². The highest BCUT2D eigenvalue weighted by molar-refractivity contribution is 5.43. The van der Waals surface area contributed by atoms with Crippen LogP contribution < -0.4 is 14.8 Å². The maximum Gasteiger partial charge on any atom is 0.213 e. The molecule has 116 valence electrons. The van der Waals surface area contributed by atoms with Crippen molar-refractivity contribution in [2.75, 3.05) is 14.2 Å². The van der Waals surface area contributed by atoms with Crippen molar-refractivity contribution < 1.29 is 9.47 Å². The van der Waals surface area contributed by atoms with Gasteiger partial charge >= 0.3 is 0 Å². The zero-order chi connectivity index (χ0) is 15.4. The van der Waals surface area contributed by atoms with E-state index in [1.807, 2.05) is 12.1 Å². The van der Waals surface area contributed by atoms with E-state index >= 15 is 0 Å². The van der Waals surface area contributed by atoms with Gasteiger partial charge in [-0.25, -0.2) is 4.98 Å². The van der Waals surface area contributed by atoms with Gasteiger partial charge in [-0.1, -0.05) is 12.1 Å². The molecule has 1 atom stereocenters.